The smallest absolute Gasteiger partial charge is 0.262 e. The molecule has 0 aliphatic heterocycles. The number of nitrogens with zero attached hydrogens (tertiary/aromatic N) is 2. The Morgan fingerprint density at radius 3 is 2.96 bits per heavy atom. The minimum absolute atomic E-state index is 0.0525. The van der Waals surface area contributed by atoms with E-state index < -0.39 is 0 Å². The summed E-state index contributed by atoms with van der Waals surface area (Å²) < 4.78 is 6.50. The van der Waals surface area contributed by atoms with Gasteiger partial charge < -0.3 is 10.1 Å². The number of rotatable bonds is 6. The minimum atomic E-state index is -0.239. The topological polar surface area (TPSA) is 73.2 Å². The number of hydrogen-bond donors (Lipinski definition) is 1. The van der Waals surface area contributed by atoms with E-state index in [0.717, 1.165) is 27.4 Å². The molecule has 0 bridgehead atoms. The summed E-state index contributed by atoms with van der Waals surface area (Å²) in [7, 11) is 1.60. The monoisotopic (exact) mass is 357 g/mol. The number of ether oxygens (including phenoxy) is 1. The van der Waals surface area contributed by atoms with Crippen molar-refractivity contribution in [1.82, 2.24) is 14.9 Å². The molecule has 7 heteroatoms. The number of amides is 1. The second-order valence-electron chi connectivity index (χ2n) is 5.59. The number of fused-ring (bicyclic) bond motifs is 1. The van der Waals surface area contributed by atoms with Gasteiger partial charge in [-0.05, 0) is 30.2 Å². The Hall–Kier alpha value is -2.67. The van der Waals surface area contributed by atoms with E-state index in [0.29, 0.717) is 11.9 Å². The highest BCUT2D eigenvalue weighted by atomic mass is 32.1. The molecule has 0 atom stereocenters. The van der Waals surface area contributed by atoms with Gasteiger partial charge in [-0.1, -0.05) is 19.1 Å². The van der Waals surface area contributed by atoms with Crippen molar-refractivity contribution >= 4 is 27.5 Å². The molecular weight excluding hydrogens is 338 g/mol. The summed E-state index contributed by atoms with van der Waals surface area (Å²) in [5.41, 5.74) is 0.747. The van der Waals surface area contributed by atoms with E-state index in [-0.39, 0.29) is 18.0 Å². The standard InChI is InChI=1S/C18H19N3O3S/c1-3-14-8-15-17(25-14)20-11-21(18(15)23)10-16(22)19-9-12-5-4-6-13(7-12)24-2/h4-8,11H,3,9-10H2,1-2H3,(H,19,22). The Balaban J connectivity index is 1.69. The predicted molar refractivity (Wildman–Crippen MR) is 98.1 cm³/mol. The summed E-state index contributed by atoms with van der Waals surface area (Å²) in [5.74, 6) is 0.499. The fourth-order valence-electron chi connectivity index (χ4n) is 2.49. The second-order valence-corrected chi connectivity index (χ2v) is 6.71. The van der Waals surface area contributed by atoms with Gasteiger partial charge in [-0.25, -0.2) is 4.98 Å². The number of thiophene rings is 1. The fourth-order valence-corrected chi connectivity index (χ4v) is 3.42. The highest BCUT2D eigenvalue weighted by Gasteiger charge is 2.11. The van der Waals surface area contributed by atoms with E-state index in [1.807, 2.05) is 37.3 Å². The van der Waals surface area contributed by atoms with Crippen molar-refractivity contribution in [2.45, 2.75) is 26.4 Å². The number of nitrogens with one attached hydrogen (secondary N) is 1. The van der Waals surface area contributed by atoms with Crippen LogP contribution < -0.4 is 15.6 Å². The van der Waals surface area contributed by atoms with E-state index in [9.17, 15) is 9.59 Å². The molecule has 1 aromatic carbocycles. The lowest BCUT2D eigenvalue weighted by molar-refractivity contribution is -0.121. The van der Waals surface area contributed by atoms with Gasteiger partial charge in [0.05, 0.1) is 18.8 Å². The third-order valence-electron chi connectivity index (χ3n) is 3.86. The van der Waals surface area contributed by atoms with Crippen molar-refractivity contribution in [2.24, 2.45) is 0 Å². The first-order chi connectivity index (χ1) is 12.1. The molecule has 2 aromatic heterocycles. The number of carbonyl (C=O) groups is 1. The maximum Gasteiger partial charge on any atom is 0.262 e. The van der Waals surface area contributed by atoms with E-state index in [1.54, 1.807) is 7.11 Å². The molecule has 1 amide bonds. The highest BCUT2D eigenvalue weighted by Crippen LogP contribution is 2.20. The lowest BCUT2D eigenvalue weighted by Crippen LogP contribution is -2.32. The van der Waals surface area contributed by atoms with E-state index >= 15 is 0 Å². The first-order valence-electron chi connectivity index (χ1n) is 7.98. The average molecular weight is 357 g/mol. The SMILES string of the molecule is CCc1cc2c(=O)n(CC(=O)NCc3cccc(OC)c3)cnc2s1. The summed E-state index contributed by atoms with van der Waals surface area (Å²) in [6, 6.07) is 9.33. The van der Waals surface area contributed by atoms with Crippen molar-refractivity contribution in [2.75, 3.05) is 7.11 Å². The molecule has 6 nitrogen and oxygen atoms in total. The zero-order valence-electron chi connectivity index (χ0n) is 14.1. The van der Waals surface area contributed by atoms with Crippen LogP contribution in [0.15, 0.2) is 41.5 Å². The molecule has 0 saturated carbocycles. The third kappa shape index (κ3) is 3.88. The lowest BCUT2D eigenvalue weighted by Gasteiger charge is -2.08. The second kappa shape index (κ2) is 7.48. The summed E-state index contributed by atoms with van der Waals surface area (Å²) >= 11 is 1.51. The molecular formula is C18H19N3O3S. The van der Waals surface area contributed by atoms with Crippen molar-refractivity contribution in [3.8, 4) is 5.75 Å². The number of methoxy groups -OCH3 is 1. The molecule has 1 N–H and O–H groups in total. The molecule has 3 rings (SSSR count). The van der Waals surface area contributed by atoms with E-state index in [1.165, 1.54) is 22.2 Å². The van der Waals surface area contributed by atoms with Crippen LogP contribution >= 0.6 is 11.3 Å². The summed E-state index contributed by atoms with van der Waals surface area (Å²) in [6.45, 7) is 2.36. The average Bonchev–Trinajstić information content (AvgIpc) is 3.07. The molecule has 2 heterocycles. The van der Waals surface area contributed by atoms with Crippen molar-refractivity contribution in [3.63, 3.8) is 0 Å². The lowest BCUT2D eigenvalue weighted by atomic mass is 10.2. The maximum absolute atomic E-state index is 12.5. The van der Waals surface area contributed by atoms with Crippen molar-refractivity contribution in [1.29, 1.82) is 0 Å². The van der Waals surface area contributed by atoms with Crippen LogP contribution in [0.25, 0.3) is 10.2 Å². The number of aromatic nitrogens is 2. The fraction of sp³-hybridized carbons (Fsp3) is 0.278. The third-order valence-corrected chi connectivity index (χ3v) is 5.04. The highest BCUT2D eigenvalue weighted by molar-refractivity contribution is 7.18. The van der Waals surface area contributed by atoms with Gasteiger partial charge in [0.15, 0.2) is 0 Å². The van der Waals surface area contributed by atoms with Crippen LogP contribution in [-0.4, -0.2) is 22.6 Å². The zero-order chi connectivity index (χ0) is 17.8. The van der Waals surface area contributed by atoms with Gasteiger partial charge in [-0.15, -0.1) is 11.3 Å². The summed E-state index contributed by atoms with van der Waals surface area (Å²) in [5, 5.41) is 3.39. The first kappa shape index (κ1) is 17.2. The number of hydrogen-bond acceptors (Lipinski definition) is 5. The summed E-state index contributed by atoms with van der Waals surface area (Å²) in [6.07, 6.45) is 2.30. The molecule has 0 aliphatic carbocycles. The molecule has 3 aromatic rings. The number of carbonyl (C=O) groups excluding carboxylic acids is 1. The van der Waals surface area contributed by atoms with Crippen LogP contribution in [0.4, 0.5) is 0 Å². The van der Waals surface area contributed by atoms with Crippen LogP contribution in [0.1, 0.15) is 17.4 Å². The maximum atomic E-state index is 12.5. The van der Waals surface area contributed by atoms with Gasteiger partial charge in [0.1, 0.15) is 17.1 Å². The van der Waals surface area contributed by atoms with Gasteiger partial charge in [0.25, 0.3) is 5.56 Å². The van der Waals surface area contributed by atoms with Gasteiger partial charge in [0.2, 0.25) is 5.91 Å². The van der Waals surface area contributed by atoms with E-state index in [4.69, 9.17) is 4.74 Å². The Morgan fingerprint density at radius 2 is 2.20 bits per heavy atom. The molecule has 0 aliphatic rings. The number of aryl methyl sites for hydroxylation is 1. The zero-order valence-corrected chi connectivity index (χ0v) is 14.9. The van der Waals surface area contributed by atoms with Crippen molar-refractivity contribution in [3.05, 3.63) is 57.5 Å². The Bertz CT molecular complexity index is 962. The quantitative estimate of drug-likeness (QED) is 0.735. The summed E-state index contributed by atoms with van der Waals surface area (Å²) in [4.78, 5) is 30.8. The molecule has 0 unspecified atom stereocenters. The Labute approximate surface area is 149 Å². The minimum Gasteiger partial charge on any atom is -0.497 e. The molecule has 0 radical (unpaired) electrons. The van der Waals surface area contributed by atoms with Crippen LogP contribution in [-0.2, 0) is 24.3 Å². The van der Waals surface area contributed by atoms with Crippen LogP contribution in [0.5, 0.6) is 5.75 Å². The Kier molecular flexibility index (Phi) is 5.14. The largest absolute Gasteiger partial charge is 0.497 e. The molecule has 130 valence electrons. The predicted octanol–water partition coefficient (Wildman–Crippen LogP) is 2.35. The van der Waals surface area contributed by atoms with Crippen LogP contribution in [0.2, 0.25) is 0 Å². The van der Waals surface area contributed by atoms with Gasteiger partial charge in [-0.2, -0.15) is 0 Å². The van der Waals surface area contributed by atoms with Crippen LogP contribution in [0.3, 0.4) is 0 Å². The Morgan fingerprint density at radius 1 is 1.36 bits per heavy atom. The van der Waals surface area contributed by atoms with Gasteiger partial charge in [-0.3, -0.25) is 14.2 Å². The van der Waals surface area contributed by atoms with Crippen molar-refractivity contribution < 1.29 is 9.53 Å². The molecule has 0 fully saturated rings. The molecule has 0 saturated heterocycles. The number of benzene rings is 1. The van der Waals surface area contributed by atoms with Gasteiger partial charge >= 0.3 is 0 Å². The van der Waals surface area contributed by atoms with E-state index in [2.05, 4.69) is 10.3 Å². The molecule has 0 spiro atoms. The normalized spacial score (nSPS) is 10.8. The first-order valence-corrected chi connectivity index (χ1v) is 8.80. The molecule has 25 heavy (non-hydrogen) atoms. The van der Waals surface area contributed by atoms with Gasteiger partial charge in [0, 0.05) is 11.4 Å². The van der Waals surface area contributed by atoms with Crippen LogP contribution in [0, 0.1) is 0 Å².